The molecule has 0 amide bonds. The number of rotatable bonds is 3. The van der Waals surface area contributed by atoms with Crippen LogP contribution in [-0.4, -0.2) is 31.9 Å². The van der Waals surface area contributed by atoms with E-state index in [-0.39, 0.29) is 12.3 Å². The first kappa shape index (κ1) is 12.0. The van der Waals surface area contributed by atoms with Gasteiger partial charge in [-0.2, -0.15) is 5.06 Å². The van der Waals surface area contributed by atoms with Crippen molar-refractivity contribution in [3.63, 3.8) is 0 Å². The molecule has 0 radical (unpaired) electrons. The van der Waals surface area contributed by atoms with Crippen LogP contribution < -0.4 is 9.96 Å². The number of carbonyl (C=O) groups excluding carboxylic acids is 2. The highest BCUT2D eigenvalue weighted by Crippen LogP contribution is 2.31. The SMILES string of the molecule is O=CON1CC(=O)Cc2ccc(N3CCCC3)cc21. The Hall–Kier alpha value is -2.04. The molecule has 1 aromatic carbocycles. The van der Waals surface area contributed by atoms with Crippen molar-refractivity contribution in [1.82, 2.24) is 0 Å². The van der Waals surface area contributed by atoms with E-state index < -0.39 is 0 Å². The molecule has 0 N–H and O–H groups in total. The van der Waals surface area contributed by atoms with E-state index in [1.54, 1.807) is 0 Å². The van der Waals surface area contributed by atoms with Crippen LogP contribution in [0.2, 0.25) is 0 Å². The van der Waals surface area contributed by atoms with Gasteiger partial charge in [-0.15, -0.1) is 0 Å². The van der Waals surface area contributed by atoms with Gasteiger partial charge in [0.05, 0.1) is 5.69 Å². The fourth-order valence-corrected chi connectivity index (χ4v) is 2.77. The Morgan fingerprint density at radius 3 is 2.74 bits per heavy atom. The predicted octanol–water partition coefficient (Wildman–Crippen LogP) is 1.31. The van der Waals surface area contributed by atoms with Crippen LogP contribution in [0.5, 0.6) is 0 Å². The molecule has 2 heterocycles. The van der Waals surface area contributed by atoms with E-state index in [1.807, 2.05) is 18.2 Å². The molecule has 2 aliphatic heterocycles. The monoisotopic (exact) mass is 260 g/mol. The Morgan fingerprint density at radius 1 is 1.21 bits per heavy atom. The zero-order valence-electron chi connectivity index (χ0n) is 10.7. The van der Waals surface area contributed by atoms with Gasteiger partial charge in [0.15, 0.2) is 5.78 Å². The van der Waals surface area contributed by atoms with Gasteiger partial charge >= 0.3 is 6.47 Å². The molecule has 1 fully saturated rings. The van der Waals surface area contributed by atoms with Crippen LogP contribution in [0.25, 0.3) is 0 Å². The van der Waals surface area contributed by atoms with Gasteiger partial charge in [0.2, 0.25) is 0 Å². The maximum atomic E-state index is 11.6. The maximum absolute atomic E-state index is 11.6. The van der Waals surface area contributed by atoms with Crippen LogP contribution in [0, 0.1) is 0 Å². The summed E-state index contributed by atoms with van der Waals surface area (Å²) in [5, 5.41) is 1.38. The number of fused-ring (bicyclic) bond motifs is 1. The van der Waals surface area contributed by atoms with Crippen molar-refractivity contribution >= 4 is 23.6 Å². The standard InChI is InChI=1S/C14H16N2O3/c17-10-19-16-9-13(18)7-11-3-4-12(8-14(11)16)15-5-1-2-6-15/h3-4,8,10H,1-2,5-7,9H2. The van der Waals surface area contributed by atoms with E-state index in [1.165, 1.54) is 17.9 Å². The molecule has 3 rings (SSSR count). The second-order valence-electron chi connectivity index (χ2n) is 4.96. The van der Waals surface area contributed by atoms with Gasteiger partial charge in [-0.3, -0.25) is 9.59 Å². The van der Waals surface area contributed by atoms with Gasteiger partial charge in [0.25, 0.3) is 0 Å². The Bertz CT molecular complexity index is 509. The number of hydrogen-bond acceptors (Lipinski definition) is 5. The Kier molecular flexibility index (Phi) is 3.11. The molecule has 100 valence electrons. The lowest BCUT2D eigenvalue weighted by Crippen LogP contribution is -2.35. The van der Waals surface area contributed by atoms with Crippen LogP contribution in [0.1, 0.15) is 18.4 Å². The lowest BCUT2D eigenvalue weighted by Gasteiger charge is -2.29. The van der Waals surface area contributed by atoms with Crippen LogP contribution >= 0.6 is 0 Å². The van der Waals surface area contributed by atoms with Crippen molar-refractivity contribution in [3.8, 4) is 0 Å². The highest BCUT2D eigenvalue weighted by atomic mass is 16.7. The molecule has 1 aromatic rings. The molecule has 5 heteroatoms. The number of Topliss-reactive ketones (excluding diaryl/α,β-unsaturated/α-hetero) is 1. The summed E-state index contributed by atoms with van der Waals surface area (Å²) >= 11 is 0. The van der Waals surface area contributed by atoms with Gasteiger partial charge < -0.3 is 9.74 Å². The summed E-state index contributed by atoms with van der Waals surface area (Å²) in [6.45, 7) is 2.62. The van der Waals surface area contributed by atoms with E-state index in [4.69, 9.17) is 4.84 Å². The number of hydrogen-bond donors (Lipinski definition) is 0. The van der Waals surface area contributed by atoms with Crippen molar-refractivity contribution in [2.24, 2.45) is 0 Å². The minimum Gasteiger partial charge on any atom is -0.371 e. The summed E-state index contributed by atoms with van der Waals surface area (Å²) in [4.78, 5) is 29.4. The van der Waals surface area contributed by atoms with Crippen LogP contribution in [0.15, 0.2) is 18.2 Å². The van der Waals surface area contributed by atoms with Crippen molar-refractivity contribution in [3.05, 3.63) is 23.8 Å². The fourth-order valence-electron chi connectivity index (χ4n) is 2.77. The molecule has 0 spiro atoms. The lowest BCUT2D eigenvalue weighted by atomic mass is 10.0. The summed E-state index contributed by atoms with van der Waals surface area (Å²) in [5.41, 5.74) is 2.88. The van der Waals surface area contributed by atoms with Crippen molar-refractivity contribution < 1.29 is 14.4 Å². The zero-order valence-corrected chi connectivity index (χ0v) is 10.7. The predicted molar refractivity (Wildman–Crippen MR) is 71.1 cm³/mol. The van der Waals surface area contributed by atoms with Crippen molar-refractivity contribution in [2.75, 3.05) is 29.6 Å². The third kappa shape index (κ3) is 2.28. The first-order valence-electron chi connectivity index (χ1n) is 6.55. The third-order valence-electron chi connectivity index (χ3n) is 3.69. The summed E-state index contributed by atoms with van der Waals surface area (Å²) in [6, 6.07) is 6.01. The van der Waals surface area contributed by atoms with E-state index in [0.29, 0.717) is 12.9 Å². The van der Waals surface area contributed by atoms with Gasteiger partial charge in [-0.05, 0) is 30.5 Å². The quantitative estimate of drug-likeness (QED) is 0.767. The zero-order chi connectivity index (χ0) is 13.2. The van der Waals surface area contributed by atoms with Gasteiger partial charge in [0.1, 0.15) is 6.54 Å². The number of anilines is 2. The number of nitrogens with zero attached hydrogens (tertiary/aromatic N) is 2. The summed E-state index contributed by atoms with van der Waals surface area (Å²) in [5.74, 6) is 0.0586. The van der Waals surface area contributed by atoms with E-state index in [0.717, 1.165) is 30.0 Å². The molecule has 0 aromatic heterocycles. The molecule has 2 aliphatic rings. The molecule has 5 nitrogen and oxygen atoms in total. The molecule has 0 aliphatic carbocycles. The highest BCUT2D eigenvalue weighted by molar-refractivity contribution is 5.90. The van der Waals surface area contributed by atoms with E-state index in [9.17, 15) is 9.59 Å². The van der Waals surface area contributed by atoms with Crippen LogP contribution in [-0.2, 0) is 20.8 Å². The number of benzene rings is 1. The first-order valence-corrected chi connectivity index (χ1v) is 6.55. The molecule has 19 heavy (non-hydrogen) atoms. The smallest absolute Gasteiger partial charge is 0.320 e. The normalized spacial score (nSPS) is 18.4. The highest BCUT2D eigenvalue weighted by Gasteiger charge is 2.25. The Morgan fingerprint density at radius 2 is 2.00 bits per heavy atom. The number of ketones is 1. The molecule has 0 atom stereocenters. The average Bonchev–Trinajstić information content (AvgIpc) is 2.92. The molecule has 0 saturated carbocycles. The topological polar surface area (TPSA) is 49.9 Å². The second kappa shape index (κ2) is 4.91. The van der Waals surface area contributed by atoms with E-state index >= 15 is 0 Å². The Labute approximate surface area is 111 Å². The molecular formula is C14H16N2O3. The summed E-state index contributed by atoms with van der Waals surface area (Å²) in [7, 11) is 0. The maximum Gasteiger partial charge on any atom is 0.320 e. The van der Waals surface area contributed by atoms with Crippen LogP contribution in [0.3, 0.4) is 0 Å². The lowest BCUT2D eigenvalue weighted by molar-refractivity contribution is -0.131. The fraction of sp³-hybridized carbons (Fsp3) is 0.429. The van der Waals surface area contributed by atoms with Crippen molar-refractivity contribution in [1.29, 1.82) is 0 Å². The summed E-state index contributed by atoms with van der Waals surface area (Å²) < 4.78 is 0. The van der Waals surface area contributed by atoms with Crippen molar-refractivity contribution in [2.45, 2.75) is 19.3 Å². The van der Waals surface area contributed by atoms with E-state index in [2.05, 4.69) is 4.90 Å². The summed E-state index contributed by atoms with van der Waals surface area (Å²) in [6.07, 6.45) is 2.84. The minimum atomic E-state index is 0.0586. The second-order valence-corrected chi connectivity index (χ2v) is 4.96. The average molecular weight is 260 g/mol. The van der Waals surface area contributed by atoms with Gasteiger partial charge in [-0.25, -0.2) is 0 Å². The van der Waals surface area contributed by atoms with Gasteiger partial charge in [-0.1, -0.05) is 6.07 Å². The molecule has 0 bridgehead atoms. The molecular weight excluding hydrogens is 244 g/mol. The third-order valence-corrected chi connectivity index (χ3v) is 3.69. The van der Waals surface area contributed by atoms with Crippen LogP contribution in [0.4, 0.5) is 11.4 Å². The molecule has 1 saturated heterocycles. The Balaban J connectivity index is 1.94. The molecule has 0 unspecified atom stereocenters. The number of carbonyl (C=O) groups is 2. The first-order chi connectivity index (χ1) is 9.28. The van der Waals surface area contributed by atoms with Gasteiger partial charge in [0, 0.05) is 25.2 Å². The minimum absolute atomic E-state index is 0.0586. The number of hydroxylamine groups is 1. The largest absolute Gasteiger partial charge is 0.371 e.